The molecule has 3 N–H and O–H groups in total. The number of aromatic nitrogens is 1. The van der Waals surface area contributed by atoms with Crippen LogP contribution in [0.4, 0.5) is 17.2 Å². The van der Waals surface area contributed by atoms with Gasteiger partial charge in [0.15, 0.2) is 5.82 Å². The molecule has 1 heterocycles. The fraction of sp³-hybridized carbons (Fsp3) is 0.267. The first-order valence-corrected chi connectivity index (χ1v) is 6.94. The van der Waals surface area contributed by atoms with E-state index >= 15 is 0 Å². The molecular weight excluding hydrogens is 302 g/mol. The van der Waals surface area contributed by atoms with Gasteiger partial charge in [0.1, 0.15) is 0 Å². The number of nitrogens with one attached hydrogen (secondary N) is 1. The van der Waals surface area contributed by atoms with Crippen molar-refractivity contribution in [2.45, 2.75) is 26.2 Å². The van der Waals surface area contributed by atoms with E-state index in [9.17, 15) is 0 Å². The van der Waals surface area contributed by atoms with Crippen LogP contribution in [-0.4, -0.2) is 4.98 Å². The Morgan fingerprint density at radius 2 is 1.79 bits per heavy atom. The van der Waals surface area contributed by atoms with E-state index in [1.165, 1.54) is 5.56 Å². The van der Waals surface area contributed by atoms with Crippen LogP contribution < -0.4 is 11.1 Å². The highest BCUT2D eigenvalue weighted by atomic mass is 79.9. The molecule has 0 spiro atoms. The number of hydrogen-bond acceptors (Lipinski definition) is 3. The number of anilines is 3. The van der Waals surface area contributed by atoms with Crippen molar-refractivity contribution in [1.82, 2.24) is 4.98 Å². The second-order valence-electron chi connectivity index (χ2n) is 5.54. The summed E-state index contributed by atoms with van der Waals surface area (Å²) < 4.78 is 0.874. The summed E-state index contributed by atoms with van der Waals surface area (Å²) >= 11 is 3.34. The van der Waals surface area contributed by atoms with Gasteiger partial charge in [-0.15, -0.1) is 0 Å². The molecule has 4 heteroatoms. The first-order valence-electron chi connectivity index (χ1n) is 6.15. The van der Waals surface area contributed by atoms with Crippen LogP contribution in [0.5, 0.6) is 0 Å². The Balaban J connectivity index is 2.20. The lowest BCUT2D eigenvalue weighted by atomic mass is 9.87. The standard InChI is InChI=1S/C15H18BrN3/c1-15(2,3)10-4-6-12(7-5-10)19-14-13(17)8-11(16)9-18-14/h4-9H,17H2,1-3H3,(H,18,19). The molecule has 2 aromatic rings. The molecule has 0 atom stereocenters. The number of benzene rings is 1. The third-order valence-electron chi connectivity index (χ3n) is 2.90. The summed E-state index contributed by atoms with van der Waals surface area (Å²) in [5.41, 5.74) is 8.97. The van der Waals surface area contributed by atoms with Crippen LogP contribution in [0.2, 0.25) is 0 Å². The second kappa shape index (κ2) is 5.21. The van der Waals surface area contributed by atoms with Gasteiger partial charge in [0.25, 0.3) is 0 Å². The van der Waals surface area contributed by atoms with Gasteiger partial charge in [-0.1, -0.05) is 32.9 Å². The van der Waals surface area contributed by atoms with Crippen molar-refractivity contribution in [3.63, 3.8) is 0 Å². The summed E-state index contributed by atoms with van der Waals surface area (Å²) in [6, 6.07) is 10.2. The van der Waals surface area contributed by atoms with Crippen LogP contribution in [0, 0.1) is 0 Å². The molecule has 3 nitrogen and oxygen atoms in total. The van der Waals surface area contributed by atoms with Crippen LogP contribution in [0.3, 0.4) is 0 Å². The van der Waals surface area contributed by atoms with Crippen LogP contribution in [0.25, 0.3) is 0 Å². The van der Waals surface area contributed by atoms with Crippen molar-refractivity contribution in [1.29, 1.82) is 0 Å². The molecule has 100 valence electrons. The van der Waals surface area contributed by atoms with Crippen LogP contribution >= 0.6 is 15.9 Å². The van der Waals surface area contributed by atoms with Gasteiger partial charge in [0.05, 0.1) is 5.69 Å². The van der Waals surface area contributed by atoms with E-state index in [1.807, 2.05) is 18.2 Å². The summed E-state index contributed by atoms with van der Waals surface area (Å²) in [5, 5.41) is 3.22. The number of pyridine rings is 1. The highest BCUT2D eigenvalue weighted by Crippen LogP contribution is 2.26. The van der Waals surface area contributed by atoms with E-state index in [1.54, 1.807) is 6.20 Å². The Morgan fingerprint density at radius 3 is 2.32 bits per heavy atom. The normalized spacial score (nSPS) is 11.4. The number of nitrogens with two attached hydrogens (primary N) is 1. The lowest BCUT2D eigenvalue weighted by molar-refractivity contribution is 0.590. The molecular formula is C15H18BrN3. The van der Waals surface area contributed by atoms with Gasteiger partial charge < -0.3 is 11.1 Å². The molecule has 1 aromatic heterocycles. The van der Waals surface area contributed by atoms with Crippen LogP contribution in [0.1, 0.15) is 26.3 Å². The molecule has 0 unspecified atom stereocenters. The van der Waals surface area contributed by atoms with Crippen molar-refractivity contribution in [2.24, 2.45) is 0 Å². The largest absolute Gasteiger partial charge is 0.396 e. The highest BCUT2D eigenvalue weighted by molar-refractivity contribution is 9.10. The minimum Gasteiger partial charge on any atom is -0.396 e. The maximum Gasteiger partial charge on any atom is 0.153 e. The molecule has 2 rings (SSSR count). The molecule has 0 saturated heterocycles. The maximum atomic E-state index is 5.91. The van der Waals surface area contributed by atoms with Crippen molar-refractivity contribution >= 4 is 33.1 Å². The Bertz CT molecular complexity index is 571. The third kappa shape index (κ3) is 3.47. The number of nitrogens with zero attached hydrogens (tertiary/aromatic N) is 1. The smallest absolute Gasteiger partial charge is 0.153 e. The molecule has 0 bridgehead atoms. The SMILES string of the molecule is CC(C)(C)c1ccc(Nc2ncc(Br)cc2N)cc1. The molecule has 1 aromatic carbocycles. The zero-order valence-corrected chi connectivity index (χ0v) is 13.0. The first-order chi connectivity index (χ1) is 8.86. The molecule has 0 saturated carbocycles. The van der Waals surface area contributed by atoms with Gasteiger partial charge in [0, 0.05) is 16.4 Å². The summed E-state index contributed by atoms with van der Waals surface area (Å²) in [4.78, 5) is 4.26. The Morgan fingerprint density at radius 1 is 1.16 bits per heavy atom. The molecule has 0 amide bonds. The number of nitrogen functional groups attached to an aromatic ring is 1. The summed E-state index contributed by atoms with van der Waals surface area (Å²) in [7, 11) is 0. The zero-order valence-electron chi connectivity index (χ0n) is 11.4. The fourth-order valence-electron chi connectivity index (χ4n) is 1.75. The van der Waals surface area contributed by atoms with E-state index in [2.05, 4.69) is 59.1 Å². The fourth-order valence-corrected chi connectivity index (χ4v) is 2.10. The lowest BCUT2D eigenvalue weighted by Gasteiger charge is -2.19. The molecule has 0 aliphatic carbocycles. The number of halogens is 1. The molecule has 19 heavy (non-hydrogen) atoms. The van der Waals surface area contributed by atoms with Crippen molar-refractivity contribution in [2.75, 3.05) is 11.1 Å². The average Bonchev–Trinajstić information content (AvgIpc) is 2.32. The van der Waals surface area contributed by atoms with E-state index in [4.69, 9.17) is 5.73 Å². The average molecular weight is 320 g/mol. The van der Waals surface area contributed by atoms with E-state index in [-0.39, 0.29) is 5.41 Å². The highest BCUT2D eigenvalue weighted by Gasteiger charge is 2.13. The maximum absolute atomic E-state index is 5.91. The van der Waals surface area contributed by atoms with Gasteiger partial charge in [-0.25, -0.2) is 4.98 Å². The van der Waals surface area contributed by atoms with E-state index in [0.29, 0.717) is 11.5 Å². The Kier molecular flexibility index (Phi) is 3.80. The predicted molar refractivity (Wildman–Crippen MR) is 84.8 cm³/mol. The number of hydrogen-bond donors (Lipinski definition) is 2. The number of rotatable bonds is 2. The molecule has 0 fully saturated rings. The topological polar surface area (TPSA) is 50.9 Å². The molecule has 0 aliphatic heterocycles. The lowest BCUT2D eigenvalue weighted by Crippen LogP contribution is -2.10. The van der Waals surface area contributed by atoms with Gasteiger partial charge in [-0.05, 0) is 45.1 Å². The molecule has 0 aliphatic rings. The van der Waals surface area contributed by atoms with Crippen LogP contribution in [0.15, 0.2) is 41.0 Å². The van der Waals surface area contributed by atoms with Crippen molar-refractivity contribution in [3.8, 4) is 0 Å². The predicted octanol–water partition coefficient (Wildman–Crippen LogP) is 4.47. The minimum atomic E-state index is 0.160. The second-order valence-corrected chi connectivity index (χ2v) is 6.46. The van der Waals surface area contributed by atoms with Crippen molar-refractivity contribution in [3.05, 3.63) is 46.6 Å². The Labute approximate surface area is 122 Å². The van der Waals surface area contributed by atoms with Gasteiger partial charge in [-0.3, -0.25) is 0 Å². The minimum absolute atomic E-state index is 0.160. The zero-order chi connectivity index (χ0) is 14.0. The summed E-state index contributed by atoms with van der Waals surface area (Å²) in [6.45, 7) is 6.59. The Hall–Kier alpha value is -1.55. The van der Waals surface area contributed by atoms with E-state index < -0.39 is 0 Å². The first kappa shape index (κ1) is 13.9. The van der Waals surface area contributed by atoms with Gasteiger partial charge in [0.2, 0.25) is 0 Å². The van der Waals surface area contributed by atoms with Gasteiger partial charge in [-0.2, -0.15) is 0 Å². The summed E-state index contributed by atoms with van der Waals surface area (Å²) in [6.07, 6.45) is 1.72. The molecule has 0 radical (unpaired) electrons. The van der Waals surface area contributed by atoms with Crippen molar-refractivity contribution < 1.29 is 0 Å². The summed E-state index contributed by atoms with van der Waals surface area (Å²) in [5.74, 6) is 0.673. The van der Waals surface area contributed by atoms with Gasteiger partial charge >= 0.3 is 0 Å². The monoisotopic (exact) mass is 319 g/mol. The van der Waals surface area contributed by atoms with Crippen LogP contribution in [-0.2, 0) is 5.41 Å². The van der Waals surface area contributed by atoms with E-state index in [0.717, 1.165) is 10.2 Å². The quantitative estimate of drug-likeness (QED) is 0.858. The third-order valence-corrected chi connectivity index (χ3v) is 3.33.